The molecule has 3 aromatic rings. The first-order chi connectivity index (χ1) is 21.2. The van der Waals surface area contributed by atoms with Gasteiger partial charge in [-0.25, -0.2) is 4.98 Å². The molecule has 1 saturated heterocycles. The van der Waals surface area contributed by atoms with Gasteiger partial charge in [0.05, 0.1) is 18.4 Å². The Balaban J connectivity index is 1.14. The Morgan fingerprint density at radius 2 is 1.75 bits per heavy atom. The van der Waals surface area contributed by atoms with E-state index < -0.39 is 0 Å². The average molecular weight is 599 g/mol. The van der Waals surface area contributed by atoms with Crippen molar-refractivity contribution in [2.75, 3.05) is 31.6 Å². The fraction of sp³-hybridized carbons (Fsp3) is 0.486. The lowest BCUT2D eigenvalue weighted by Crippen LogP contribution is -2.48. The summed E-state index contributed by atoms with van der Waals surface area (Å²) in [5.74, 6) is 0.563. The van der Waals surface area contributed by atoms with E-state index in [-0.39, 0.29) is 17.9 Å². The molecule has 44 heavy (non-hydrogen) atoms. The summed E-state index contributed by atoms with van der Waals surface area (Å²) in [4.78, 5) is 39.4. The van der Waals surface area contributed by atoms with Crippen molar-refractivity contribution in [1.82, 2.24) is 25.5 Å². The lowest BCUT2D eigenvalue weighted by atomic mass is 9.99. The second kappa shape index (κ2) is 14.2. The number of anilines is 1. The van der Waals surface area contributed by atoms with Crippen molar-refractivity contribution in [2.24, 2.45) is 0 Å². The van der Waals surface area contributed by atoms with Gasteiger partial charge in [0.15, 0.2) is 0 Å². The van der Waals surface area contributed by atoms with Crippen LogP contribution in [0.2, 0.25) is 0 Å². The normalized spacial score (nSPS) is 16.3. The van der Waals surface area contributed by atoms with Gasteiger partial charge in [-0.15, -0.1) is 0 Å². The highest BCUT2D eigenvalue weighted by atomic mass is 16.5. The van der Waals surface area contributed by atoms with Crippen molar-refractivity contribution in [3.63, 3.8) is 0 Å². The van der Waals surface area contributed by atoms with Crippen LogP contribution in [0.15, 0.2) is 48.8 Å². The van der Waals surface area contributed by atoms with Gasteiger partial charge in [-0.1, -0.05) is 0 Å². The molecule has 234 valence electrons. The summed E-state index contributed by atoms with van der Waals surface area (Å²) in [5.41, 5.74) is 5.98. The number of nitrogens with one attached hydrogen (secondary N) is 2. The molecule has 2 N–H and O–H groups in total. The third kappa shape index (κ3) is 7.75. The Hall–Kier alpha value is -3.98. The number of carbonyl (C=O) groups excluding carboxylic acids is 2. The third-order valence-corrected chi connectivity index (χ3v) is 9.07. The van der Waals surface area contributed by atoms with Crippen LogP contribution in [0, 0.1) is 20.8 Å². The first kappa shape index (κ1) is 31.4. The summed E-state index contributed by atoms with van der Waals surface area (Å²) in [7, 11) is 1.70. The molecule has 2 aromatic heterocycles. The van der Waals surface area contributed by atoms with Crippen LogP contribution in [-0.2, 0) is 6.54 Å². The Labute approximate surface area is 261 Å². The number of amides is 2. The fourth-order valence-electron chi connectivity index (χ4n) is 6.13. The number of nitrogens with zero attached hydrogens (tertiary/aromatic N) is 4. The molecule has 1 aromatic carbocycles. The van der Waals surface area contributed by atoms with Crippen LogP contribution in [0.3, 0.4) is 0 Å². The molecule has 2 fully saturated rings. The number of hydrogen-bond acceptors (Lipinski definition) is 7. The van der Waals surface area contributed by atoms with E-state index in [1.807, 2.05) is 31.5 Å². The highest BCUT2D eigenvalue weighted by Gasteiger charge is 2.28. The molecule has 1 aliphatic heterocycles. The van der Waals surface area contributed by atoms with E-state index in [0.29, 0.717) is 35.6 Å². The first-order valence-corrected chi connectivity index (χ1v) is 15.8. The number of carbonyl (C=O) groups is 2. The number of likely N-dealkylation sites (tertiary alicyclic amines) is 1. The van der Waals surface area contributed by atoms with Crippen LogP contribution < -0.4 is 20.3 Å². The molecule has 2 amide bonds. The molecule has 9 nitrogen and oxygen atoms in total. The average Bonchev–Trinajstić information content (AvgIpc) is 3.84. The predicted molar refractivity (Wildman–Crippen MR) is 173 cm³/mol. The monoisotopic (exact) mass is 598 g/mol. The van der Waals surface area contributed by atoms with Crippen LogP contribution in [0.5, 0.6) is 5.75 Å². The quantitative estimate of drug-likeness (QED) is 0.303. The molecule has 1 aliphatic carbocycles. The standard InChI is InChI=1S/C35H46N6O3/c1-23-12-16-36-21-27(23)22-41(29-8-10-31(44-5)11-9-29)30-14-18-40(19-15-30)25(3)13-17-37-35(43)33-24(2)20-32(38-26(33)4)34(42)39-28-6-7-28/h8-12,16,20-21,25,28,30H,6-7,13-15,17-19,22H2,1-5H3,(H,37,43)(H,39,42)/t25-/m1/s1. The number of aryl methyl sites for hydroxylation is 3. The smallest absolute Gasteiger partial charge is 0.270 e. The minimum atomic E-state index is -0.164. The van der Waals surface area contributed by atoms with E-state index in [2.05, 4.69) is 62.4 Å². The molecule has 9 heteroatoms. The Morgan fingerprint density at radius 3 is 2.39 bits per heavy atom. The van der Waals surface area contributed by atoms with E-state index in [4.69, 9.17) is 4.74 Å². The molecule has 0 spiro atoms. The number of pyridine rings is 2. The number of aromatic nitrogens is 2. The molecule has 3 heterocycles. The van der Waals surface area contributed by atoms with Gasteiger partial charge in [-0.2, -0.15) is 0 Å². The lowest BCUT2D eigenvalue weighted by Gasteiger charge is -2.42. The summed E-state index contributed by atoms with van der Waals surface area (Å²) in [6, 6.07) is 13.2. The van der Waals surface area contributed by atoms with Crippen LogP contribution in [-0.4, -0.2) is 71.6 Å². The van der Waals surface area contributed by atoms with E-state index in [0.717, 1.165) is 63.1 Å². The summed E-state index contributed by atoms with van der Waals surface area (Å²) in [6.07, 6.45) is 8.87. The van der Waals surface area contributed by atoms with Crippen molar-refractivity contribution in [3.05, 3.63) is 82.4 Å². The van der Waals surface area contributed by atoms with Crippen molar-refractivity contribution in [2.45, 2.75) is 84.5 Å². The zero-order valence-corrected chi connectivity index (χ0v) is 26.7. The van der Waals surface area contributed by atoms with Gasteiger partial charge < -0.3 is 25.2 Å². The van der Waals surface area contributed by atoms with Gasteiger partial charge in [0, 0.05) is 62.4 Å². The summed E-state index contributed by atoms with van der Waals surface area (Å²) in [6.45, 7) is 11.5. The molecule has 5 rings (SSSR count). The van der Waals surface area contributed by atoms with Gasteiger partial charge >= 0.3 is 0 Å². The predicted octanol–water partition coefficient (Wildman–Crippen LogP) is 4.98. The van der Waals surface area contributed by atoms with Crippen LogP contribution in [0.4, 0.5) is 5.69 Å². The zero-order chi connectivity index (χ0) is 31.2. The minimum absolute atomic E-state index is 0.131. The lowest BCUT2D eigenvalue weighted by molar-refractivity contribution is 0.0930. The summed E-state index contributed by atoms with van der Waals surface area (Å²) < 4.78 is 5.40. The van der Waals surface area contributed by atoms with Crippen molar-refractivity contribution < 1.29 is 14.3 Å². The van der Waals surface area contributed by atoms with Crippen molar-refractivity contribution in [1.29, 1.82) is 0 Å². The van der Waals surface area contributed by atoms with Gasteiger partial charge in [0.25, 0.3) is 11.8 Å². The van der Waals surface area contributed by atoms with E-state index >= 15 is 0 Å². The van der Waals surface area contributed by atoms with Crippen LogP contribution in [0.25, 0.3) is 0 Å². The largest absolute Gasteiger partial charge is 0.497 e. The second-order valence-corrected chi connectivity index (χ2v) is 12.3. The van der Waals surface area contributed by atoms with E-state index in [1.54, 1.807) is 20.1 Å². The number of methoxy groups -OCH3 is 1. The molecule has 0 bridgehead atoms. The number of hydrogen-bond donors (Lipinski definition) is 2. The van der Waals surface area contributed by atoms with Crippen molar-refractivity contribution >= 4 is 17.5 Å². The molecule has 1 atom stereocenters. The molecular formula is C35H46N6O3. The van der Waals surface area contributed by atoms with Gasteiger partial charge in [-0.05, 0) is 113 Å². The van der Waals surface area contributed by atoms with Crippen LogP contribution in [0.1, 0.15) is 82.3 Å². The minimum Gasteiger partial charge on any atom is -0.497 e. The van der Waals surface area contributed by atoms with Gasteiger partial charge in [0.2, 0.25) is 0 Å². The maximum atomic E-state index is 13.1. The molecule has 2 aliphatic rings. The Kier molecular flexibility index (Phi) is 10.1. The van der Waals surface area contributed by atoms with Crippen molar-refractivity contribution in [3.8, 4) is 5.75 Å². The Morgan fingerprint density at radius 1 is 1.02 bits per heavy atom. The highest BCUT2D eigenvalue weighted by Crippen LogP contribution is 2.29. The van der Waals surface area contributed by atoms with E-state index in [1.165, 1.54) is 16.8 Å². The number of piperidine rings is 1. The highest BCUT2D eigenvalue weighted by molar-refractivity contribution is 5.98. The van der Waals surface area contributed by atoms with Crippen LogP contribution >= 0.6 is 0 Å². The molecular weight excluding hydrogens is 552 g/mol. The van der Waals surface area contributed by atoms with Gasteiger partial charge in [-0.3, -0.25) is 14.6 Å². The summed E-state index contributed by atoms with van der Waals surface area (Å²) >= 11 is 0. The first-order valence-electron chi connectivity index (χ1n) is 15.8. The number of ether oxygens (including phenoxy) is 1. The summed E-state index contributed by atoms with van der Waals surface area (Å²) in [5, 5.41) is 6.07. The van der Waals surface area contributed by atoms with Gasteiger partial charge in [0.1, 0.15) is 11.4 Å². The second-order valence-electron chi connectivity index (χ2n) is 12.3. The Bertz CT molecular complexity index is 1420. The molecule has 0 radical (unpaired) electrons. The maximum absolute atomic E-state index is 13.1. The topological polar surface area (TPSA) is 99.7 Å². The van der Waals surface area contributed by atoms with E-state index in [9.17, 15) is 9.59 Å². The zero-order valence-electron chi connectivity index (χ0n) is 26.7. The molecule has 0 unspecified atom stereocenters. The fourth-order valence-corrected chi connectivity index (χ4v) is 6.13. The third-order valence-electron chi connectivity index (χ3n) is 9.07. The number of rotatable bonds is 12. The number of benzene rings is 1. The maximum Gasteiger partial charge on any atom is 0.270 e. The molecule has 1 saturated carbocycles. The SMILES string of the molecule is COc1ccc(N(Cc2cnccc2C)C2CCN([C@H](C)CCNC(=O)c3c(C)cc(C(=O)NC4CC4)nc3C)CC2)cc1.